The lowest BCUT2D eigenvalue weighted by Gasteiger charge is -2.29. The molecule has 1 heterocycles. The van der Waals surface area contributed by atoms with Gasteiger partial charge in [0, 0.05) is 23.1 Å². The van der Waals surface area contributed by atoms with Gasteiger partial charge in [-0.2, -0.15) is 11.8 Å². The van der Waals surface area contributed by atoms with Crippen LogP contribution in [-0.2, 0) is 0 Å². The molecule has 0 aliphatic rings. The van der Waals surface area contributed by atoms with Gasteiger partial charge in [-0.15, -0.1) is 0 Å². The van der Waals surface area contributed by atoms with Crippen LogP contribution in [0.4, 0.5) is 5.82 Å². The normalized spacial score (nSPS) is 11.2. The first-order chi connectivity index (χ1) is 9.10. The lowest BCUT2D eigenvalue weighted by atomic mass is 10.0. The third-order valence-electron chi connectivity index (χ3n) is 3.46. The molecule has 0 unspecified atom stereocenters. The van der Waals surface area contributed by atoms with Crippen LogP contribution in [0.5, 0.6) is 0 Å². The molecule has 1 amide bonds. The Morgan fingerprint density at radius 1 is 1.47 bits per heavy atom. The maximum absolute atomic E-state index is 12.1. The molecule has 0 aromatic carbocycles. The molecule has 106 valence electrons. The van der Waals surface area contributed by atoms with Gasteiger partial charge in [-0.25, -0.2) is 10.8 Å². The molecule has 0 saturated carbocycles. The van der Waals surface area contributed by atoms with Crippen molar-refractivity contribution in [2.24, 2.45) is 5.84 Å². The van der Waals surface area contributed by atoms with Crippen molar-refractivity contribution in [1.82, 2.24) is 10.3 Å². The average Bonchev–Trinajstić information content (AvgIpc) is 2.49. The Morgan fingerprint density at radius 2 is 2.16 bits per heavy atom. The van der Waals surface area contributed by atoms with Crippen LogP contribution in [0.15, 0.2) is 18.3 Å². The number of carbonyl (C=O) groups excluding carboxylic acids is 1. The van der Waals surface area contributed by atoms with E-state index in [9.17, 15) is 4.79 Å². The van der Waals surface area contributed by atoms with Crippen molar-refractivity contribution < 1.29 is 4.79 Å². The fourth-order valence-electron chi connectivity index (χ4n) is 1.85. The van der Waals surface area contributed by atoms with Gasteiger partial charge < -0.3 is 10.7 Å². The van der Waals surface area contributed by atoms with Gasteiger partial charge in [-0.3, -0.25) is 4.79 Å². The van der Waals surface area contributed by atoms with Gasteiger partial charge in [0.15, 0.2) is 0 Å². The zero-order valence-electron chi connectivity index (χ0n) is 11.7. The third kappa shape index (κ3) is 4.11. The summed E-state index contributed by atoms with van der Waals surface area (Å²) in [4.78, 5) is 16.1. The predicted molar refractivity (Wildman–Crippen MR) is 81.2 cm³/mol. The molecule has 0 spiro atoms. The first kappa shape index (κ1) is 15.8. The molecule has 0 aliphatic carbocycles. The highest BCUT2D eigenvalue weighted by molar-refractivity contribution is 8.00. The van der Waals surface area contributed by atoms with E-state index in [0.717, 1.165) is 12.8 Å². The van der Waals surface area contributed by atoms with Crippen LogP contribution in [-0.4, -0.2) is 28.4 Å². The number of rotatable bonds is 7. The highest BCUT2D eigenvalue weighted by Crippen LogP contribution is 2.29. The van der Waals surface area contributed by atoms with E-state index in [1.54, 1.807) is 30.1 Å². The van der Waals surface area contributed by atoms with E-state index in [0.29, 0.717) is 17.9 Å². The molecule has 0 saturated heterocycles. The molecule has 0 atom stereocenters. The lowest BCUT2D eigenvalue weighted by molar-refractivity contribution is 0.0949. The fourth-order valence-corrected chi connectivity index (χ4v) is 2.65. The van der Waals surface area contributed by atoms with Gasteiger partial charge in [0.25, 0.3) is 5.91 Å². The van der Waals surface area contributed by atoms with Gasteiger partial charge in [0.1, 0.15) is 5.82 Å². The smallest absolute Gasteiger partial charge is 0.251 e. The summed E-state index contributed by atoms with van der Waals surface area (Å²) in [5.41, 5.74) is 2.99. The number of anilines is 1. The first-order valence-electron chi connectivity index (χ1n) is 6.36. The van der Waals surface area contributed by atoms with Gasteiger partial charge in [-0.05, 0) is 31.2 Å². The number of nitrogens with one attached hydrogen (secondary N) is 2. The maximum atomic E-state index is 12.1. The standard InChI is InChI=1S/C13H22N4OS/c1-4-13(5-2,19-3)9-16-12(18)10-6-7-15-11(8-10)17-14/h6-8H,4-5,9,14H2,1-3H3,(H,15,17)(H,16,18). The van der Waals surface area contributed by atoms with Crippen LogP contribution in [0.25, 0.3) is 0 Å². The van der Waals surface area contributed by atoms with E-state index in [1.165, 1.54) is 0 Å². The molecule has 1 aromatic heterocycles. The quantitative estimate of drug-likeness (QED) is 0.526. The molecule has 19 heavy (non-hydrogen) atoms. The Morgan fingerprint density at radius 3 is 2.68 bits per heavy atom. The van der Waals surface area contributed by atoms with Crippen LogP contribution in [0.1, 0.15) is 37.0 Å². The first-order valence-corrected chi connectivity index (χ1v) is 7.59. The summed E-state index contributed by atoms with van der Waals surface area (Å²) in [6.07, 6.45) is 5.70. The van der Waals surface area contributed by atoms with E-state index in [2.05, 4.69) is 35.8 Å². The fraction of sp³-hybridized carbons (Fsp3) is 0.538. The summed E-state index contributed by atoms with van der Waals surface area (Å²) >= 11 is 1.80. The van der Waals surface area contributed by atoms with Gasteiger partial charge >= 0.3 is 0 Å². The number of carbonyl (C=O) groups is 1. The van der Waals surface area contributed by atoms with E-state index >= 15 is 0 Å². The summed E-state index contributed by atoms with van der Waals surface area (Å²) in [5.74, 6) is 5.66. The molecule has 5 nitrogen and oxygen atoms in total. The SMILES string of the molecule is CCC(CC)(CNC(=O)c1ccnc(NN)c1)SC. The van der Waals surface area contributed by atoms with Crippen LogP contribution in [0.3, 0.4) is 0 Å². The average molecular weight is 282 g/mol. The Kier molecular flexibility index (Phi) is 6.11. The van der Waals surface area contributed by atoms with Crippen LogP contribution in [0, 0.1) is 0 Å². The van der Waals surface area contributed by atoms with Crippen molar-refractivity contribution in [3.8, 4) is 0 Å². The Bertz CT molecular complexity index is 413. The van der Waals surface area contributed by atoms with Crippen molar-refractivity contribution in [1.29, 1.82) is 0 Å². The van der Waals surface area contributed by atoms with Gasteiger partial charge in [0.2, 0.25) is 0 Å². The maximum Gasteiger partial charge on any atom is 0.251 e. The summed E-state index contributed by atoms with van der Waals surface area (Å²) in [6, 6.07) is 3.31. The summed E-state index contributed by atoms with van der Waals surface area (Å²) in [5, 5.41) is 2.99. The molecule has 0 aliphatic heterocycles. The van der Waals surface area contributed by atoms with E-state index in [1.807, 2.05) is 0 Å². The van der Waals surface area contributed by atoms with Crippen molar-refractivity contribution in [2.75, 3.05) is 18.2 Å². The van der Waals surface area contributed by atoms with Crippen molar-refractivity contribution >= 4 is 23.5 Å². The number of nitrogens with two attached hydrogens (primary N) is 1. The zero-order chi connectivity index (χ0) is 14.3. The third-order valence-corrected chi connectivity index (χ3v) is 5.05. The minimum absolute atomic E-state index is 0.0979. The van der Waals surface area contributed by atoms with Crippen LogP contribution in [0.2, 0.25) is 0 Å². The Hall–Kier alpha value is -1.27. The second kappa shape index (κ2) is 7.35. The lowest BCUT2D eigenvalue weighted by Crippen LogP contribution is -2.39. The monoisotopic (exact) mass is 282 g/mol. The largest absolute Gasteiger partial charge is 0.351 e. The highest BCUT2D eigenvalue weighted by atomic mass is 32.2. The molecule has 0 fully saturated rings. The van der Waals surface area contributed by atoms with Crippen molar-refractivity contribution in [3.05, 3.63) is 23.9 Å². The molecule has 0 radical (unpaired) electrons. The minimum atomic E-state index is -0.0979. The summed E-state index contributed by atoms with van der Waals surface area (Å²) < 4.78 is 0.109. The number of pyridine rings is 1. The number of thioether (sulfide) groups is 1. The summed E-state index contributed by atoms with van der Waals surface area (Å²) in [7, 11) is 0. The molecule has 1 rings (SSSR count). The van der Waals surface area contributed by atoms with Crippen LogP contribution < -0.4 is 16.6 Å². The molecule has 4 N–H and O–H groups in total. The van der Waals surface area contributed by atoms with E-state index < -0.39 is 0 Å². The van der Waals surface area contributed by atoms with Crippen molar-refractivity contribution in [3.63, 3.8) is 0 Å². The molecular formula is C13H22N4OS. The minimum Gasteiger partial charge on any atom is -0.351 e. The molecule has 0 bridgehead atoms. The second-order valence-corrected chi connectivity index (χ2v) is 5.63. The number of hydrogen-bond acceptors (Lipinski definition) is 5. The number of nitrogen functional groups attached to an aromatic ring is 1. The van der Waals surface area contributed by atoms with Gasteiger partial charge in [-0.1, -0.05) is 13.8 Å². The summed E-state index contributed by atoms with van der Waals surface area (Å²) in [6.45, 7) is 4.96. The zero-order valence-corrected chi connectivity index (χ0v) is 12.5. The topological polar surface area (TPSA) is 80.0 Å². The predicted octanol–water partition coefficient (Wildman–Crippen LogP) is 2.02. The van der Waals surface area contributed by atoms with Gasteiger partial charge in [0.05, 0.1) is 0 Å². The number of aromatic nitrogens is 1. The van der Waals surface area contributed by atoms with E-state index in [-0.39, 0.29) is 10.7 Å². The van der Waals surface area contributed by atoms with Crippen LogP contribution >= 0.6 is 11.8 Å². The Labute approximate surface area is 118 Å². The number of hydrazine groups is 1. The number of nitrogens with zero attached hydrogens (tertiary/aromatic N) is 1. The number of hydrogen-bond donors (Lipinski definition) is 3. The molecule has 1 aromatic rings. The molecule has 6 heteroatoms. The molecular weight excluding hydrogens is 260 g/mol. The van der Waals surface area contributed by atoms with Crippen molar-refractivity contribution in [2.45, 2.75) is 31.4 Å². The number of amides is 1. The Balaban J connectivity index is 2.69. The highest BCUT2D eigenvalue weighted by Gasteiger charge is 2.25. The van der Waals surface area contributed by atoms with E-state index in [4.69, 9.17) is 5.84 Å². The second-order valence-electron chi connectivity index (χ2n) is 4.35.